The smallest absolute Gasteiger partial charge is 0.229 e. The third kappa shape index (κ3) is 3.38. The normalized spacial score (nSPS) is 25.8. The van der Waals surface area contributed by atoms with Crippen molar-refractivity contribution in [1.29, 1.82) is 0 Å². The van der Waals surface area contributed by atoms with Crippen molar-refractivity contribution in [2.45, 2.75) is 23.8 Å². The molecule has 0 bridgehead atoms. The Labute approximate surface area is 125 Å². The van der Waals surface area contributed by atoms with E-state index in [9.17, 15) is 21.2 Å². The van der Waals surface area contributed by atoms with Crippen molar-refractivity contribution in [3.8, 4) is 0 Å². The molecule has 1 saturated heterocycles. The molecular formula is C11H13BrFNO4S2. The molecule has 112 valence electrons. The third-order valence-electron chi connectivity index (χ3n) is 3.09. The van der Waals surface area contributed by atoms with Gasteiger partial charge in [-0.05, 0) is 47.5 Å². The highest BCUT2D eigenvalue weighted by atomic mass is 79.9. The molecule has 0 aromatic heterocycles. The Balaban J connectivity index is 2.30. The molecule has 0 amide bonds. The van der Waals surface area contributed by atoms with E-state index in [0.717, 1.165) is 6.07 Å². The fraction of sp³-hybridized carbons (Fsp3) is 0.455. The number of benzene rings is 1. The minimum atomic E-state index is -3.97. The summed E-state index contributed by atoms with van der Waals surface area (Å²) < 4.78 is 63.2. The Kier molecular flexibility index (Phi) is 4.00. The van der Waals surface area contributed by atoms with Crippen molar-refractivity contribution < 1.29 is 21.2 Å². The van der Waals surface area contributed by atoms with E-state index in [2.05, 4.69) is 20.7 Å². The Morgan fingerprint density at radius 3 is 2.55 bits per heavy atom. The van der Waals surface area contributed by atoms with Gasteiger partial charge in [0.25, 0.3) is 0 Å². The van der Waals surface area contributed by atoms with Gasteiger partial charge in [0.05, 0.1) is 20.9 Å². The predicted molar refractivity (Wildman–Crippen MR) is 76.1 cm³/mol. The number of sulfonamides is 1. The average molecular weight is 386 g/mol. The fourth-order valence-corrected chi connectivity index (χ4v) is 6.00. The summed E-state index contributed by atoms with van der Waals surface area (Å²) in [6.07, 6.45) is 0.202. The molecule has 2 rings (SSSR count). The lowest BCUT2D eigenvalue weighted by Crippen LogP contribution is -2.46. The zero-order valence-corrected chi connectivity index (χ0v) is 13.8. The van der Waals surface area contributed by atoms with E-state index in [1.54, 1.807) is 0 Å². The highest BCUT2D eigenvalue weighted by molar-refractivity contribution is 9.10. The van der Waals surface area contributed by atoms with Crippen LogP contribution in [0.2, 0.25) is 0 Å². The molecule has 20 heavy (non-hydrogen) atoms. The van der Waals surface area contributed by atoms with E-state index in [-0.39, 0.29) is 27.3 Å². The molecule has 1 aliphatic rings. The summed E-state index contributed by atoms with van der Waals surface area (Å²) in [6, 6.07) is 3.43. The van der Waals surface area contributed by atoms with Gasteiger partial charge in [0.1, 0.15) is 5.82 Å². The summed E-state index contributed by atoms with van der Waals surface area (Å²) in [5.41, 5.74) is -1.05. The van der Waals surface area contributed by atoms with Gasteiger partial charge in [0, 0.05) is 5.54 Å². The minimum absolute atomic E-state index is 0.0548. The highest BCUT2D eigenvalue weighted by Gasteiger charge is 2.41. The lowest BCUT2D eigenvalue weighted by atomic mass is 10.0. The minimum Gasteiger partial charge on any atom is -0.229 e. The van der Waals surface area contributed by atoms with Crippen LogP contribution in [0.1, 0.15) is 13.3 Å². The van der Waals surface area contributed by atoms with Gasteiger partial charge in [-0.25, -0.2) is 25.9 Å². The van der Waals surface area contributed by atoms with Gasteiger partial charge in [-0.3, -0.25) is 0 Å². The fourth-order valence-electron chi connectivity index (χ4n) is 2.12. The van der Waals surface area contributed by atoms with E-state index in [4.69, 9.17) is 0 Å². The van der Waals surface area contributed by atoms with Crippen LogP contribution in [-0.2, 0) is 19.9 Å². The number of sulfone groups is 1. The monoisotopic (exact) mass is 385 g/mol. The molecule has 0 radical (unpaired) electrons. The summed E-state index contributed by atoms with van der Waals surface area (Å²) in [5.74, 6) is -1.00. The van der Waals surface area contributed by atoms with Crippen molar-refractivity contribution in [3.63, 3.8) is 0 Å². The van der Waals surface area contributed by atoms with Crippen LogP contribution >= 0.6 is 15.9 Å². The molecular weight excluding hydrogens is 373 g/mol. The van der Waals surface area contributed by atoms with Crippen molar-refractivity contribution in [2.24, 2.45) is 0 Å². The maximum atomic E-state index is 13.4. The second kappa shape index (κ2) is 5.04. The Morgan fingerprint density at radius 2 is 2.05 bits per heavy atom. The van der Waals surface area contributed by atoms with Gasteiger partial charge in [-0.2, -0.15) is 0 Å². The van der Waals surface area contributed by atoms with Crippen LogP contribution in [0.15, 0.2) is 27.6 Å². The summed E-state index contributed by atoms with van der Waals surface area (Å²) in [6.45, 7) is 1.53. The van der Waals surface area contributed by atoms with Crippen LogP contribution in [0.4, 0.5) is 4.39 Å². The molecule has 1 N–H and O–H groups in total. The highest BCUT2D eigenvalue weighted by Crippen LogP contribution is 2.26. The number of rotatable bonds is 3. The lowest BCUT2D eigenvalue weighted by Gasteiger charge is -2.23. The van der Waals surface area contributed by atoms with Crippen LogP contribution in [0.25, 0.3) is 0 Å². The predicted octanol–water partition coefficient (Wildman–Crippen LogP) is 1.44. The van der Waals surface area contributed by atoms with E-state index < -0.39 is 31.2 Å². The first-order valence-corrected chi connectivity index (χ1v) is 9.82. The van der Waals surface area contributed by atoms with Crippen LogP contribution < -0.4 is 4.72 Å². The zero-order chi connectivity index (χ0) is 15.2. The maximum absolute atomic E-state index is 13.4. The number of hydrogen-bond acceptors (Lipinski definition) is 4. The Morgan fingerprint density at radius 1 is 1.40 bits per heavy atom. The standard InChI is InChI=1S/C11H13BrFNO4S2/c1-11(4-5-19(15,16)7-11)14-20(17,18)8-2-3-9(12)10(13)6-8/h2-3,6,14H,4-5,7H2,1H3. The average Bonchev–Trinajstić information content (AvgIpc) is 2.55. The lowest BCUT2D eigenvalue weighted by molar-refractivity contribution is 0.461. The topological polar surface area (TPSA) is 80.3 Å². The zero-order valence-electron chi connectivity index (χ0n) is 10.6. The molecule has 1 atom stereocenters. The van der Waals surface area contributed by atoms with Crippen molar-refractivity contribution in [3.05, 3.63) is 28.5 Å². The SMILES string of the molecule is CC1(NS(=O)(=O)c2ccc(Br)c(F)c2)CCS(=O)(=O)C1. The van der Waals surface area contributed by atoms with E-state index in [1.165, 1.54) is 19.1 Å². The van der Waals surface area contributed by atoms with Gasteiger partial charge in [0.2, 0.25) is 10.0 Å². The molecule has 1 unspecified atom stereocenters. The first kappa shape index (κ1) is 15.9. The Hall–Kier alpha value is -0.510. The molecule has 1 heterocycles. The first-order chi connectivity index (χ1) is 9.03. The van der Waals surface area contributed by atoms with E-state index >= 15 is 0 Å². The van der Waals surface area contributed by atoms with E-state index in [0.29, 0.717) is 0 Å². The summed E-state index contributed by atoms with van der Waals surface area (Å²) in [5, 5.41) is 0. The second-order valence-corrected chi connectivity index (χ2v) is 9.80. The number of halogens is 2. The quantitative estimate of drug-likeness (QED) is 0.853. The molecule has 0 aliphatic carbocycles. The molecule has 0 saturated carbocycles. The number of hydrogen-bond donors (Lipinski definition) is 1. The van der Waals surface area contributed by atoms with Crippen LogP contribution in [-0.4, -0.2) is 33.9 Å². The molecule has 9 heteroatoms. The molecule has 0 spiro atoms. The maximum Gasteiger partial charge on any atom is 0.241 e. The first-order valence-electron chi connectivity index (χ1n) is 5.73. The van der Waals surface area contributed by atoms with Crippen LogP contribution in [0.5, 0.6) is 0 Å². The van der Waals surface area contributed by atoms with Gasteiger partial charge in [-0.1, -0.05) is 0 Å². The second-order valence-electron chi connectivity index (χ2n) is 5.08. The van der Waals surface area contributed by atoms with Crippen LogP contribution in [0, 0.1) is 5.82 Å². The Bertz CT molecular complexity index is 748. The van der Waals surface area contributed by atoms with Gasteiger partial charge < -0.3 is 0 Å². The van der Waals surface area contributed by atoms with Crippen molar-refractivity contribution in [2.75, 3.05) is 11.5 Å². The number of nitrogens with one attached hydrogen (secondary N) is 1. The van der Waals surface area contributed by atoms with Gasteiger partial charge >= 0.3 is 0 Å². The van der Waals surface area contributed by atoms with Crippen molar-refractivity contribution >= 4 is 35.8 Å². The summed E-state index contributed by atoms with van der Waals surface area (Å²) >= 11 is 2.94. The molecule has 1 aliphatic heterocycles. The molecule has 1 fully saturated rings. The van der Waals surface area contributed by atoms with Crippen LogP contribution in [0.3, 0.4) is 0 Å². The molecule has 1 aromatic rings. The van der Waals surface area contributed by atoms with Gasteiger partial charge in [0.15, 0.2) is 9.84 Å². The molecule has 5 nitrogen and oxygen atoms in total. The van der Waals surface area contributed by atoms with Crippen molar-refractivity contribution in [1.82, 2.24) is 4.72 Å². The third-order valence-corrected chi connectivity index (χ3v) is 7.27. The largest absolute Gasteiger partial charge is 0.241 e. The summed E-state index contributed by atoms with van der Waals surface area (Å²) in [4.78, 5) is -0.233. The molecule has 1 aromatic carbocycles. The van der Waals surface area contributed by atoms with Gasteiger partial charge in [-0.15, -0.1) is 0 Å². The summed E-state index contributed by atoms with van der Waals surface area (Å²) in [7, 11) is -7.20. The van der Waals surface area contributed by atoms with E-state index in [1.807, 2.05) is 0 Å².